The number of benzene rings is 2. The van der Waals surface area contributed by atoms with Gasteiger partial charge >= 0.3 is 0 Å². The Morgan fingerprint density at radius 2 is 1.74 bits per heavy atom. The van der Waals surface area contributed by atoms with Crippen molar-refractivity contribution in [2.75, 3.05) is 0 Å². The van der Waals surface area contributed by atoms with Crippen molar-refractivity contribution < 1.29 is 0 Å². The number of aromatic nitrogens is 4. The Balaban J connectivity index is 1.86. The van der Waals surface area contributed by atoms with Crippen molar-refractivity contribution >= 4 is 22.7 Å². The number of fused-ring (bicyclic) bond motifs is 1. The second-order valence-electron chi connectivity index (χ2n) is 6.48. The lowest BCUT2D eigenvalue weighted by Gasteiger charge is -2.04. The van der Waals surface area contributed by atoms with Crippen molar-refractivity contribution in [1.29, 1.82) is 5.26 Å². The standard InChI is InChI=1S/C22H19N5/c1-15-19(16(2)27(25-15)18-9-5-4-6-10-18)13-17(14-23)22-24-20-11-7-8-12-21(20)26(22)3/h4-13H,1-3H3/b17-13+. The number of imidazole rings is 1. The summed E-state index contributed by atoms with van der Waals surface area (Å²) < 4.78 is 3.86. The van der Waals surface area contributed by atoms with Crippen LogP contribution in [0.4, 0.5) is 0 Å². The van der Waals surface area contributed by atoms with Gasteiger partial charge in [-0.25, -0.2) is 9.67 Å². The van der Waals surface area contributed by atoms with Crippen LogP contribution in [-0.2, 0) is 7.05 Å². The number of nitrogens with zero attached hydrogens (tertiary/aromatic N) is 5. The molecule has 0 amide bonds. The fraction of sp³-hybridized carbons (Fsp3) is 0.136. The average Bonchev–Trinajstić information content (AvgIpc) is 3.18. The zero-order chi connectivity index (χ0) is 19.0. The molecule has 0 aliphatic rings. The van der Waals surface area contributed by atoms with Crippen LogP contribution in [0.3, 0.4) is 0 Å². The lowest BCUT2D eigenvalue weighted by atomic mass is 10.1. The van der Waals surface area contributed by atoms with Gasteiger partial charge in [0.15, 0.2) is 5.82 Å². The Kier molecular flexibility index (Phi) is 4.09. The fourth-order valence-corrected chi connectivity index (χ4v) is 3.36. The molecule has 0 fully saturated rings. The van der Waals surface area contributed by atoms with Crippen LogP contribution in [0.25, 0.3) is 28.4 Å². The SMILES string of the molecule is Cc1nn(-c2ccccc2)c(C)c1/C=C(\C#N)c1nc2ccccc2n1C. The molecule has 5 nitrogen and oxygen atoms in total. The van der Waals surface area contributed by atoms with Crippen molar-refractivity contribution in [2.24, 2.45) is 7.05 Å². The molecule has 0 saturated heterocycles. The Morgan fingerprint density at radius 3 is 2.44 bits per heavy atom. The Labute approximate surface area is 157 Å². The minimum Gasteiger partial charge on any atom is -0.327 e. The number of nitriles is 1. The lowest BCUT2D eigenvalue weighted by molar-refractivity contribution is 0.833. The third-order valence-electron chi connectivity index (χ3n) is 4.79. The Hall–Kier alpha value is -3.65. The Bertz CT molecular complexity index is 1200. The maximum atomic E-state index is 9.80. The second-order valence-corrected chi connectivity index (χ2v) is 6.48. The Morgan fingerprint density at radius 1 is 1.04 bits per heavy atom. The van der Waals surface area contributed by atoms with Gasteiger partial charge in [0.2, 0.25) is 0 Å². The number of hydrogen-bond acceptors (Lipinski definition) is 3. The maximum Gasteiger partial charge on any atom is 0.151 e. The van der Waals surface area contributed by atoms with Gasteiger partial charge in [0.1, 0.15) is 6.07 Å². The summed E-state index contributed by atoms with van der Waals surface area (Å²) in [5, 5.41) is 14.5. The molecule has 0 atom stereocenters. The molecular weight excluding hydrogens is 334 g/mol. The van der Waals surface area contributed by atoms with Crippen LogP contribution in [0.2, 0.25) is 0 Å². The first kappa shape index (κ1) is 16.8. The molecule has 0 aliphatic heterocycles. The number of rotatable bonds is 3. The molecule has 2 aromatic carbocycles. The predicted octanol–water partition coefficient (Wildman–Crippen LogP) is 4.44. The van der Waals surface area contributed by atoms with E-state index in [2.05, 4.69) is 16.2 Å². The summed E-state index contributed by atoms with van der Waals surface area (Å²) in [5.74, 6) is 0.657. The number of allylic oxidation sites excluding steroid dienone is 1. The van der Waals surface area contributed by atoms with E-state index in [1.54, 1.807) is 0 Å². The smallest absolute Gasteiger partial charge is 0.151 e. The molecule has 0 spiro atoms. The molecule has 0 unspecified atom stereocenters. The summed E-state index contributed by atoms with van der Waals surface area (Å²) in [5.41, 5.74) is 6.22. The van der Waals surface area contributed by atoms with E-state index in [4.69, 9.17) is 0 Å². The molecule has 2 heterocycles. The van der Waals surface area contributed by atoms with Crippen molar-refractivity contribution in [3.63, 3.8) is 0 Å². The maximum absolute atomic E-state index is 9.80. The van der Waals surface area contributed by atoms with Gasteiger partial charge in [0, 0.05) is 18.3 Å². The van der Waals surface area contributed by atoms with Gasteiger partial charge in [0.05, 0.1) is 28.0 Å². The third-order valence-corrected chi connectivity index (χ3v) is 4.79. The van der Waals surface area contributed by atoms with E-state index in [0.29, 0.717) is 11.4 Å². The summed E-state index contributed by atoms with van der Waals surface area (Å²) >= 11 is 0. The molecule has 132 valence electrons. The van der Waals surface area contributed by atoms with E-state index in [9.17, 15) is 5.26 Å². The van der Waals surface area contributed by atoms with Crippen LogP contribution in [0.15, 0.2) is 54.6 Å². The molecule has 0 aliphatic carbocycles. The van der Waals surface area contributed by atoms with E-state index in [-0.39, 0.29) is 0 Å². The van der Waals surface area contributed by atoms with E-state index in [1.165, 1.54) is 0 Å². The highest BCUT2D eigenvalue weighted by Gasteiger charge is 2.16. The highest BCUT2D eigenvalue weighted by molar-refractivity contribution is 5.91. The van der Waals surface area contributed by atoms with Gasteiger partial charge in [-0.2, -0.15) is 10.4 Å². The first-order valence-corrected chi connectivity index (χ1v) is 8.75. The largest absolute Gasteiger partial charge is 0.327 e. The monoisotopic (exact) mass is 353 g/mol. The quantitative estimate of drug-likeness (QED) is 0.512. The summed E-state index contributed by atoms with van der Waals surface area (Å²) in [6.07, 6.45) is 1.89. The van der Waals surface area contributed by atoms with E-state index in [0.717, 1.165) is 33.7 Å². The van der Waals surface area contributed by atoms with E-state index < -0.39 is 0 Å². The normalized spacial score (nSPS) is 11.7. The zero-order valence-corrected chi connectivity index (χ0v) is 15.5. The van der Waals surface area contributed by atoms with Crippen molar-refractivity contribution in [2.45, 2.75) is 13.8 Å². The zero-order valence-electron chi connectivity index (χ0n) is 15.5. The molecule has 0 bridgehead atoms. The first-order valence-electron chi connectivity index (χ1n) is 8.75. The fourth-order valence-electron chi connectivity index (χ4n) is 3.36. The lowest BCUT2D eigenvalue weighted by Crippen LogP contribution is -1.99. The number of aryl methyl sites for hydroxylation is 2. The van der Waals surface area contributed by atoms with Crippen LogP contribution in [-0.4, -0.2) is 19.3 Å². The minimum absolute atomic E-state index is 0.521. The topological polar surface area (TPSA) is 59.4 Å². The van der Waals surface area contributed by atoms with Crippen LogP contribution >= 0.6 is 0 Å². The van der Waals surface area contributed by atoms with Crippen molar-refractivity contribution in [3.05, 3.63) is 77.4 Å². The van der Waals surface area contributed by atoms with Crippen molar-refractivity contribution in [3.8, 4) is 11.8 Å². The van der Waals surface area contributed by atoms with Gasteiger partial charge in [-0.15, -0.1) is 0 Å². The molecule has 4 rings (SSSR count). The van der Waals surface area contributed by atoms with Crippen LogP contribution in [0.1, 0.15) is 22.8 Å². The number of hydrogen-bond donors (Lipinski definition) is 0. The summed E-state index contributed by atoms with van der Waals surface area (Å²) in [6, 6.07) is 20.2. The molecular formula is C22H19N5. The first-order chi connectivity index (χ1) is 13.1. The van der Waals surface area contributed by atoms with Crippen molar-refractivity contribution in [1.82, 2.24) is 19.3 Å². The third kappa shape index (κ3) is 2.81. The van der Waals surface area contributed by atoms with E-state index in [1.807, 2.05) is 90.8 Å². The van der Waals surface area contributed by atoms with E-state index >= 15 is 0 Å². The second kappa shape index (κ2) is 6.58. The summed E-state index contributed by atoms with van der Waals surface area (Å²) in [4.78, 5) is 4.65. The minimum atomic E-state index is 0.521. The van der Waals surface area contributed by atoms with Crippen LogP contribution in [0.5, 0.6) is 0 Å². The molecule has 0 saturated carbocycles. The highest BCUT2D eigenvalue weighted by atomic mass is 15.3. The van der Waals surface area contributed by atoms with Gasteiger partial charge in [-0.05, 0) is 44.2 Å². The molecule has 4 aromatic rings. The molecule has 5 heteroatoms. The highest BCUT2D eigenvalue weighted by Crippen LogP contribution is 2.25. The predicted molar refractivity (Wildman–Crippen MR) is 107 cm³/mol. The molecule has 27 heavy (non-hydrogen) atoms. The van der Waals surface area contributed by atoms with Crippen LogP contribution < -0.4 is 0 Å². The summed E-state index contributed by atoms with van der Waals surface area (Å²) in [7, 11) is 1.93. The van der Waals surface area contributed by atoms with Gasteiger partial charge in [-0.1, -0.05) is 30.3 Å². The summed E-state index contributed by atoms with van der Waals surface area (Å²) in [6.45, 7) is 3.98. The molecule has 0 N–H and O–H groups in total. The molecule has 0 radical (unpaired) electrons. The van der Waals surface area contributed by atoms with Gasteiger partial charge in [0.25, 0.3) is 0 Å². The number of para-hydroxylation sites is 3. The van der Waals surface area contributed by atoms with Crippen LogP contribution in [0, 0.1) is 25.2 Å². The van der Waals surface area contributed by atoms with Gasteiger partial charge in [-0.3, -0.25) is 0 Å². The molecule has 2 aromatic heterocycles. The van der Waals surface area contributed by atoms with Gasteiger partial charge < -0.3 is 4.57 Å². The average molecular weight is 353 g/mol.